The molecule has 16 heavy (non-hydrogen) atoms. The van der Waals surface area contributed by atoms with Gasteiger partial charge in [-0.1, -0.05) is 0 Å². The molecule has 0 aromatic carbocycles. The second kappa shape index (κ2) is 5.84. The number of hydrogen-bond acceptors (Lipinski definition) is 8. The van der Waals surface area contributed by atoms with Crippen molar-refractivity contribution in [3.05, 3.63) is 0 Å². The molecule has 0 aromatic heterocycles. The molecule has 0 aliphatic heterocycles. The zero-order chi connectivity index (χ0) is 13.1. The molecule has 0 rings (SSSR count). The van der Waals surface area contributed by atoms with E-state index in [1.165, 1.54) is 6.92 Å². The molecule has 98 valence electrons. The summed E-state index contributed by atoms with van der Waals surface area (Å²) < 4.78 is 0. The van der Waals surface area contributed by atoms with Crippen LogP contribution in [0, 0.1) is 0 Å². The first-order chi connectivity index (χ1) is 7.09. The molecule has 12 N–H and O–H groups in total. The molecule has 0 fully saturated rings. The van der Waals surface area contributed by atoms with Crippen LogP contribution in [0.3, 0.4) is 0 Å². The van der Waals surface area contributed by atoms with Crippen LogP contribution >= 0.6 is 0 Å². The van der Waals surface area contributed by atoms with Crippen molar-refractivity contribution in [1.82, 2.24) is 0 Å². The summed E-state index contributed by atoms with van der Waals surface area (Å²) in [6, 6.07) is -2.38. The van der Waals surface area contributed by atoms with Crippen molar-refractivity contribution < 1.29 is 20.4 Å². The van der Waals surface area contributed by atoms with E-state index in [0.717, 1.165) is 0 Å². The van der Waals surface area contributed by atoms with Gasteiger partial charge in [-0.3, -0.25) is 0 Å². The molecular weight excluding hydrogens is 216 g/mol. The molecule has 0 heterocycles. The van der Waals surface area contributed by atoms with Crippen LogP contribution in [0.5, 0.6) is 0 Å². The molecule has 0 aromatic rings. The fourth-order valence-electron chi connectivity index (χ4n) is 1.19. The second-order valence-electron chi connectivity index (χ2n) is 4.10. The highest BCUT2D eigenvalue weighted by Crippen LogP contribution is 2.14. The highest BCUT2D eigenvalue weighted by atomic mass is 16.3. The van der Waals surface area contributed by atoms with Gasteiger partial charge in [0, 0.05) is 6.42 Å². The minimum atomic E-state index is -2.03. The fraction of sp³-hybridized carbons (Fsp3) is 1.00. The Morgan fingerprint density at radius 3 is 1.88 bits per heavy atom. The maximum Gasteiger partial charge on any atom is 0.133 e. The lowest BCUT2D eigenvalue weighted by Gasteiger charge is -2.36. The van der Waals surface area contributed by atoms with Crippen molar-refractivity contribution in [3.63, 3.8) is 0 Å². The molecular formula is C8H22N4O4. The Morgan fingerprint density at radius 2 is 1.56 bits per heavy atom. The Hall–Kier alpha value is -0.320. The van der Waals surface area contributed by atoms with E-state index in [0.29, 0.717) is 0 Å². The fourth-order valence-corrected chi connectivity index (χ4v) is 1.19. The van der Waals surface area contributed by atoms with Gasteiger partial charge in [0.1, 0.15) is 12.0 Å². The van der Waals surface area contributed by atoms with E-state index in [-0.39, 0.29) is 6.42 Å². The number of rotatable bonds is 6. The molecule has 0 bridgehead atoms. The van der Waals surface area contributed by atoms with Crippen LogP contribution < -0.4 is 22.9 Å². The molecule has 0 aliphatic rings. The van der Waals surface area contributed by atoms with Crippen LogP contribution in [0.2, 0.25) is 0 Å². The van der Waals surface area contributed by atoms with Gasteiger partial charge >= 0.3 is 0 Å². The van der Waals surface area contributed by atoms with E-state index in [4.69, 9.17) is 33.1 Å². The summed E-state index contributed by atoms with van der Waals surface area (Å²) in [5, 5.41) is 37.2. The van der Waals surface area contributed by atoms with Crippen LogP contribution in [0.15, 0.2) is 0 Å². The highest BCUT2D eigenvalue weighted by Gasteiger charge is 2.38. The number of aliphatic hydroxyl groups is 4. The third-order valence-corrected chi connectivity index (χ3v) is 2.48. The lowest BCUT2D eigenvalue weighted by atomic mass is 9.91. The van der Waals surface area contributed by atoms with Crippen molar-refractivity contribution >= 4 is 0 Å². The summed E-state index contributed by atoms with van der Waals surface area (Å²) >= 11 is 0. The monoisotopic (exact) mass is 238 g/mol. The summed E-state index contributed by atoms with van der Waals surface area (Å²) in [5.74, 6) is 0. The van der Waals surface area contributed by atoms with Gasteiger partial charge < -0.3 is 43.4 Å². The molecule has 0 amide bonds. The molecule has 6 atom stereocenters. The van der Waals surface area contributed by atoms with Crippen molar-refractivity contribution in [2.45, 2.75) is 49.6 Å². The summed E-state index contributed by atoms with van der Waals surface area (Å²) in [7, 11) is 0. The molecule has 0 saturated heterocycles. The largest absolute Gasteiger partial charge is 0.391 e. The van der Waals surface area contributed by atoms with Gasteiger partial charge in [-0.2, -0.15) is 0 Å². The Morgan fingerprint density at radius 1 is 1.12 bits per heavy atom. The van der Waals surface area contributed by atoms with Crippen LogP contribution in [-0.2, 0) is 0 Å². The van der Waals surface area contributed by atoms with E-state index < -0.39 is 36.2 Å². The first-order valence-corrected chi connectivity index (χ1v) is 4.91. The van der Waals surface area contributed by atoms with Crippen molar-refractivity contribution in [1.29, 1.82) is 0 Å². The normalized spacial score (nSPS) is 25.3. The first kappa shape index (κ1) is 15.7. The van der Waals surface area contributed by atoms with Gasteiger partial charge in [-0.05, 0) is 6.92 Å². The van der Waals surface area contributed by atoms with Crippen LogP contribution in [-0.4, -0.2) is 56.7 Å². The average Bonchev–Trinajstić information content (AvgIpc) is 2.14. The predicted octanol–water partition coefficient (Wildman–Crippen LogP) is -4.30. The van der Waals surface area contributed by atoms with E-state index in [1.807, 2.05) is 0 Å². The van der Waals surface area contributed by atoms with Crippen LogP contribution in [0.4, 0.5) is 0 Å². The SMILES string of the molecule is CC(O)C(O)CC(N)(O)C(N)C(N)C(N)O. The third kappa shape index (κ3) is 4.28. The Bertz CT molecular complexity index is 212. The molecule has 8 nitrogen and oxygen atoms in total. The highest BCUT2D eigenvalue weighted by molar-refractivity contribution is 4.95. The topological polar surface area (TPSA) is 185 Å². The van der Waals surface area contributed by atoms with Gasteiger partial charge in [-0.15, -0.1) is 0 Å². The van der Waals surface area contributed by atoms with E-state index in [1.54, 1.807) is 0 Å². The summed E-state index contributed by atoms with van der Waals surface area (Å²) in [4.78, 5) is 0. The minimum Gasteiger partial charge on any atom is -0.391 e. The third-order valence-electron chi connectivity index (χ3n) is 2.48. The van der Waals surface area contributed by atoms with E-state index in [9.17, 15) is 10.2 Å². The first-order valence-electron chi connectivity index (χ1n) is 4.91. The number of nitrogens with two attached hydrogens (primary N) is 4. The van der Waals surface area contributed by atoms with Crippen molar-refractivity contribution in [2.24, 2.45) is 22.9 Å². The molecule has 8 heteroatoms. The molecule has 0 radical (unpaired) electrons. The minimum absolute atomic E-state index is 0.383. The van der Waals surface area contributed by atoms with Gasteiger partial charge in [0.05, 0.1) is 24.3 Å². The van der Waals surface area contributed by atoms with Gasteiger partial charge in [0.2, 0.25) is 0 Å². The molecule has 6 unspecified atom stereocenters. The second-order valence-corrected chi connectivity index (χ2v) is 4.10. The van der Waals surface area contributed by atoms with Crippen molar-refractivity contribution in [2.75, 3.05) is 0 Å². The van der Waals surface area contributed by atoms with E-state index >= 15 is 0 Å². The molecule has 0 spiro atoms. The number of aliphatic hydroxyl groups excluding tert-OH is 3. The zero-order valence-electron chi connectivity index (χ0n) is 9.19. The summed E-state index contributed by atoms with van der Waals surface area (Å²) in [6.45, 7) is 1.34. The predicted molar refractivity (Wildman–Crippen MR) is 57.6 cm³/mol. The molecule has 0 saturated carbocycles. The lowest BCUT2D eigenvalue weighted by Crippen LogP contribution is -2.68. The van der Waals surface area contributed by atoms with Gasteiger partial charge in [-0.25, -0.2) is 0 Å². The van der Waals surface area contributed by atoms with E-state index in [2.05, 4.69) is 0 Å². The summed E-state index contributed by atoms with van der Waals surface area (Å²) in [5.41, 5.74) is 19.4. The standard InChI is InChI=1S/C8H22N4O4/c1-3(13)4(14)2-8(12,16)6(10)5(9)7(11)15/h3-7,13-16H,2,9-12H2,1H3. The van der Waals surface area contributed by atoms with Crippen LogP contribution in [0.25, 0.3) is 0 Å². The Kier molecular flexibility index (Phi) is 5.73. The van der Waals surface area contributed by atoms with Gasteiger partial charge in [0.25, 0.3) is 0 Å². The van der Waals surface area contributed by atoms with Gasteiger partial charge in [0.15, 0.2) is 0 Å². The Labute approximate surface area is 93.8 Å². The quantitative estimate of drug-likeness (QED) is 0.213. The summed E-state index contributed by atoms with van der Waals surface area (Å²) in [6.07, 6.45) is -4.13. The van der Waals surface area contributed by atoms with Crippen LogP contribution in [0.1, 0.15) is 13.3 Å². The molecule has 0 aliphatic carbocycles. The number of hydrogen-bond donors (Lipinski definition) is 8. The lowest BCUT2D eigenvalue weighted by molar-refractivity contribution is -0.0691. The van der Waals surface area contributed by atoms with Crippen molar-refractivity contribution in [3.8, 4) is 0 Å². The maximum atomic E-state index is 9.76. The Balaban J connectivity index is 4.53. The maximum absolute atomic E-state index is 9.76. The average molecular weight is 238 g/mol. The zero-order valence-corrected chi connectivity index (χ0v) is 9.19. The smallest absolute Gasteiger partial charge is 0.133 e.